The number of hydrogen-bond donors (Lipinski definition) is 2. The van der Waals surface area contributed by atoms with E-state index in [9.17, 15) is 12.8 Å². The summed E-state index contributed by atoms with van der Waals surface area (Å²) in [5.41, 5.74) is 1.69. The predicted octanol–water partition coefficient (Wildman–Crippen LogP) is 2.39. The zero-order chi connectivity index (χ0) is 13.9. The molecule has 0 bridgehead atoms. The van der Waals surface area contributed by atoms with Crippen molar-refractivity contribution in [3.05, 3.63) is 35.7 Å². The van der Waals surface area contributed by atoms with E-state index in [2.05, 4.69) is 11.4 Å². The second-order valence-electron chi connectivity index (χ2n) is 4.62. The molecule has 104 valence electrons. The first-order valence-electron chi connectivity index (χ1n) is 6.21. The molecule has 0 atom stereocenters. The molecular formula is C13H17FN2O2S. The Morgan fingerprint density at radius 1 is 1.37 bits per heavy atom. The van der Waals surface area contributed by atoms with E-state index in [1.165, 1.54) is 24.1 Å². The molecule has 0 amide bonds. The van der Waals surface area contributed by atoms with Gasteiger partial charge >= 0.3 is 0 Å². The molecule has 4 nitrogen and oxygen atoms in total. The van der Waals surface area contributed by atoms with Crippen LogP contribution in [0.1, 0.15) is 25.7 Å². The number of hydrogen-bond acceptors (Lipinski definition) is 3. The summed E-state index contributed by atoms with van der Waals surface area (Å²) in [5, 5.41) is 7.90. The Kier molecular flexibility index (Phi) is 4.21. The molecule has 0 heterocycles. The van der Waals surface area contributed by atoms with Crippen molar-refractivity contribution in [2.75, 3.05) is 11.9 Å². The average Bonchev–Trinajstić information content (AvgIpc) is 2.83. The summed E-state index contributed by atoms with van der Waals surface area (Å²) in [6.45, 7) is 0.636. The molecule has 0 radical (unpaired) electrons. The molecule has 3 N–H and O–H groups in total. The highest BCUT2D eigenvalue weighted by Gasteiger charge is 2.11. The summed E-state index contributed by atoms with van der Waals surface area (Å²) in [4.78, 5) is -0.214. The maximum atomic E-state index is 13.7. The Morgan fingerprint density at radius 2 is 2.16 bits per heavy atom. The van der Waals surface area contributed by atoms with E-state index in [-0.39, 0.29) is 4.90 Å². The van der Waals surface area contributed by atoms with Gasteiger partial charge in [0.1, 0.15) is 5.82 Å². The molecule has 1 aromatic carbocycles. The number of nitrogens with two attached hydrogens (primary N) is 1. The molecular weight excluding hydrogens is 267 g/mol. The van der Waals surface area contributed by atoms with Crippen LogP contribution in [-0.4, -0.2) is 15.0 Å². The molecule has 19 heavy (non-hydrogen) atoms. The molecule has 0 saturated carbocycles. The van der Waals surface area contributed by atoms with Crippen molar-refractivity contribution in [3.63, 3.8) is 0 Å². The number of rotatable bonds is 5. The first kappa shape index (κ1) is 14.0. The van der Waals surface area contributed by atoms with Crippen molar-refractivity contribution in [1.29, 1.82) is 0 Å². The number of allylic oxidation sites excluding steroid dienone is 1. The van der Waals surface area contributed by atoms with Crippen molar-refractivity contribution >= 4 is 15.7 Å². The predicted molar refractivity (Wildman–Crippen MR) is 72.8 cm³/mol. The van der Waals surface area contributed by atoms with Crippen LogP contribution in [-0.2, 0) is 10.0 Å². The van der Waals surface area contributed by atoms with Crippen molar-refractivity contribution in [2.24, 2.45) is 5.14 Å². The highest BCUT2D eigenvalue weighted by Crippen LogP contribution is 2.22. The summed E-state index contributed by atoms with van der Waals surface area (Å²) in [6, 6.07) is 3.64. The maximum Gasteiger partial charge on any atom is 0.238 e. The van der Waals surface area contributed by atoms with Gasteiger partial charge < -0.3 is 5.32 Å². The fraction of sp³-hybridized carbons (Fsp3) is 0.385. The minimum atomic E-state index is -3.85. The van der Waals surface area contributed by atoms with E-state index >= 15 is 0 Å². The van der Waals surface area contributed by atoms with Gasteiger partial charge in [0.25, 0.3) is 0 Å². The van der Waals surface area contributed by atoms with Crippen LogP contribution in [0, 0.1) is 5.82 Å². The van der Waals surface area contributed by atoms with Gasteiger partial charge in [-0.05, 0) is 43.9 Å². The molecule has 0 aliphatic heterocycles. The van der Waals surface area contributed by atoms with Crippen molar-refractivity contribution in [1.82, 2.24) is 0 Å². The van der Waals surface area contributed by atoms with Gasteiger partial charge in [-0.25, -0.2) is 17.9 Å². The number of nitrogens with one attached hydrogen (secondary N) is 1. The van der Waals surface area contributed by atoms with E-state index in [0.29, 0.717) is 12.2 Å². The van der Waals surface area contributed by atoms with Crippen LogP contribution in [0.5, 0.6) is 0 Å². The number of sulfonamides is 1. The van der Waals surface area contributed by atoms with Crippen molar-refractivity contribution in [3.8, 4) is 0 Å². The molecule has 0 fully saturated rings. The second kappa shape index (κ2) is 5.71. The van der Waals surface area contributed by atoms with Crippen LogP contribution >= 0.6 is 0 Å². The smallest absolute Gasteiger partial charge is 0.238 e. The SMILES string of the molecule is NS(=O)(=O)c1ccc(NCCC2=CCCC2)c(F)c1. The third-order valence-corrected chi connectivity index (χ3v) is 4.08. The van der Waals surface area contributed by atoms with Crippen LogP contribution in [0.3, 0.4) is 0 Å². The minimum Gasteiger partial charge on any atom is -0.382 e. The van der Waals surface area contributed by atoms with Crippen LogP contribution < -0.4 is 10.5 Å². The van der Waals surface area contributed by atoms with Crippen LogP contribution in [0.4, 0.5) is 10.1 Å². The van der Waals surface area contributed by atoms with E-state index in [4.69, 9.17) is 5.14 Å². The molecule has 0 spiro atoms. The fourth-order valence-corrected chi connectivity index (χ4v) is 2.66. The van der Waals surface area contributed by atoms with Crippen LogP contribution in [0.15, 0.2) is 34.7 Å². The van der Waals surface area contributed by atoms with Gasteiger partial charge in [0.05, 0.1) is 10.6 Å². The zero-order valence-corrected chi connectivity index (χ0v) is 11.3. The highest BCUT2D eigenvalue weighted by molar-refractivity contribution is 7.89. The fourth-order valence-electron chi connectivity index (χ4n) is 2.14. The first-order valence-corrected chi connectivity index (χ1v) is 7.75. The molecule has 1 aliphatic rings. The number of anilines is 1. The lowest BCUT2D eigenvalue weighted by Gasteiger charge is -2.09. The van der Waals surface area contributed by atoms with Gasteiger partial charge in [0.2, 0.25) is 10.0 Å². The molecule has 0 aromatic heterocycles. The first-order chi connectivity index (χ1) is 8.97. The number of halogens is 1. The van der Waals surface area contributed by atoms with Crippen molar-refractivity contribution < 1.29 is 12.8 Å². The standard InChI is InChI=1S/C13H17FN2O2S/c14-12-9-11(19(15,17)18)5-6-13(12)16-8-7-10-3-1-2-4-10/h3,5-6,9,16H,1-2,4,7-8H2,(H2,15,17,18). The Balaban J connectivity index is 1.97. The van der Waals surface area contributed by atoms with Gasteiger partial charge in [-0.3, -0.25) is 0 Å². The van der Waals surface area contributed by atoms with Gasteiger partial charge in [0, 0.05) is 6.54 Å². The summed E-state index contributed by atoms with van der Waals surface area (Å²) >= 11 is 0. The monoisotopic (exact) mass is 284 g/mol. The van der Waals surface area contributed by atoms with Crippen LogP contribution in [0.2, 0.25) is 0 Å². The van der Waals surface area contributed by atoms with Gasteiger partial charge in [-0.2, -0.15) is 0 Å². The van der Waals surface area contributed by atoms with E-state index in [1.807, 2.05) is 0 Å². The van der Waals surface area contributed by atoms with Gasteiger partial charge in [-0.1, -0.05) is 11.6 Å². The third kappa shape index (κ3) is 3.78. The van der Waals surface area contributed by atoms with E-state index in [1.54, 1.807) is 0 Å². The van der Waals surface area contributed by atoms with E-state index in [0.717, 1.165) is 25.3 Å². The summed E-state index contributed by atoms with van der Waals surface area (Å²) in [7, 11) is -3.85. The molecule has 6 heteroatoms. The molecule has 1 aliphatic carbocycles. The molecule has 2 rings (SSSR count). The normalized spacial score (nSPS) is 15.4. The maximum absolute atomic E-state index is 13.7. The average molecular weight is 284 g/mol. The number of primary sulfonamides is 1. The lowest BCUT2D eigenvalue weighted by molar-refractivity contribution is 0.593. The number of benzene rings is 1. The van der Waals surface area contributed by atoms with Crippen molar-refractivity contribution in [2.45, 2.75) is 30.6 Å². The Morgan fingerprint density at radius 3 is 2.74 bits per heavy atom. The Labute approximate surface area is 112 Å². The summed E-state index contributed by atoms with van der Waals surface area (Å²) < 4.78 is 35.8. The zero-order valence-electron chi connectivity index (χ0n) is 10.5. The largest absolute Gasteiger partial charge is 0.382 e. The quantitative estimate of drug-likeness (QED) is 0.815. The third-order valence-electron chi connectivity index (χ3n) is 3.17. The minimum absolute atomic E-state index is 0.214. The second-order valence-corrected chi connectivity index (χ2v) is 6.18. The molecule has 1 aromatic rings. The topological polar surface area (TPSA) is 72.2 Å². The lowest BCUT2D eigenvalue weighted by atomic mass is 10.1. The molecule has 0 unspecified atom stereocenters. The molecule has 0 saturated heterocycles. The van der Waals surface area contributed by atoms with Crippen LogP contribution in [0.25, 0.3) is 0 Å². The summed E-state index contributed by atoms with van der Waals surface area (Å²) in [5.74, 6) is -0.605. The van der Waals surface area contributed by atoms with Gasteiger partial charge in [0.15, 0.2) is 0 Å². The Bertz CT molecular complexity index is 597. The Hall–Kier alpha value is -1.40. The lowest BCUT2D eigenvalue weighted by Crippen LogP contribution is -2.13. The van der Waals surface area contributed by atoms with E-state index < -0.39 is 15.8 Å². The van der Waals surface area contributed by atoms with Gasteiger partial charge in [-0.15, -0.1) is 0 Å². The highest BCUT2D eigenvalue weighted by atomic mass is 32.2. The summed E-state index contributed by atoms with van der Waals surface area (Å²) in [6.07, 6.45) is 6.56.